The minimum atomic E-state index is 0.0558. The summed E-state index contributed by atoms with van der Waals surface area (Å²) >= 11 is 0. The van der Waals surface area contributed by atoms with Gasteiger partial charge in [-0.1, -0.05) is 0 Å². The predicted molar refractivity (Wildman–Crippen MR) is 95.5 cm³/mol. The molecule has 1 amide bonds. The van der Waals surface area contributed by atoms with Crippen LogP contribution in [0.3, 0.4) is 0 Å². The summed E-state index contributed by atoms with van der Waals surface area (Å²) in [5, 5.41) is 4.46. The molecular weight excluding hydrogens is 314 g/mol. The van der Waals surface area contributed by atoms with Crippen molar-refractivity contribution >= 4 is 5.91 Å². The van der Waals surface area contributed by atoms with E-state index in [2.05, 4.69) is 20.8 Å². The second-order valence-corrected chi connectivity index (χ2v) is 7.46. The molecule has 0 radical (unpaired) electrons. The Morgan fingerprint density at radius 3 is 2.88 bits per heavy atom. The Kier molecular flexibility index (Phi) is 4.36. The van der Waals surface area contributed by atoms with Crippen molar-refractivity contribution in [1.29, 1.82) is 0 Å². The predicted octanol–water partition coefficient (Wildman–Crippen LogP) is 2.84. The zero-order chi connectivity index (χ0) is 17.4. The zero-order valence-corrected chi connectivity index (χ0v) is 15.2. The molecule has 2 aliphatic rings. The van der Waals surface area contributed by atoms with E-state index in [1.165, 1.54) is 12.8 Å². The molecule has 0 bridgehead atoms. The molecule has 1 saturated carbocycles. The van der Waals surface area contributed by atoms with Gasteiger partial charge in [-0.3, -0.25) is 9.48 Å². The quantitative estimate of drug-likeness (QED) is 0.840. The maximum absolute atomic E-state index is 12.9. The summed E-state index contributed by atoms with van der Waals surface area (Å²) in [7, 11) is 0. The molecular formula is C19H27N5O. The number of nitrogens with zero attached hydrogens (tertiary/aromatic N) is 5. The van der Waals surface area contributed by atoms with E-state index in [1.54, 1.807) is 0 Å². The number of hydrogen-bond donors (Lipinski definition) is 0. The van der Waals surface area contributed by atoms with E-state index in [-0.39, 0.29) is 5.91 Å². The van der Waals surface area contributed by atoms with Crippen LogP contribution in [0, 0.1) is 12.8 Å². The molecule has 0 N–H and O–H groups in total. The summed E-state index contributed by atoms with van der Waals surface area (Å²) in [5.41, 5.74) is 1.61. The highest BCUT2D eigenvalue weighted by Crippen LogP contribution is 2.33. The van der Waals surface area contributed by atoms with Crippen LogP contribution in [0.15, 0.2) is 18.5 Å². The van der Waals surface area contributed by atoms with Gasteiger partial charge in [-0.15, -0.1) is 0 Å². The second kappa shape index (κ2) is 6.65. The highest BCUT2D eigenvalue weighted by atomic mass is 16.2. The van der Waals surface area contributed by atoms with Crippen LogP contribution in [0.1, 0.15) is 60.5 Å². The molecule has 1 saturated heterocycles. The van der Waals surface area contributed by atoms with E-state index in [9.17, 15) is 4.79 Å². The molecule has 1 aliphatic carbocycles. The Bertz CT molecular complexity index is 758. The molecule has 6 heteroatoms. The van der Waals surface area contributed by atoms with Crippen molar-refractivity contribution in [3.8, 4) is 0 Å². The van der Waals surface area contributed by atoms with E-state index >= 15 is 0 Å². The van der Waals surface area contributed by atoms with Crippen LogP contribution in [0.5, 0.6) is 0 Å². The number of carbonyl (C=O) groups excluding carboxylic acids is 1. The Labute approximate surface area is 148 Å². The summed E-state index contributed by atoms with van der Waals surface area (Å²) in [6.45, 7) is 7.49. The molecule has 1 atom stereocenters. The van der Waals surface area contributed by atoms with E-state index in [0.717, 1.165) is 56.5 Å². The third-order valence-electron chi connectivity index (χ3n) is 5.47. The van der Waals surface area contributed by atoms with Crippen molar-refractivity contribution in [2.45, 2.75) is 58.5 Å². The van der Waals surface area contributed by atoms with E-state index < -0.39 is 0 Å². The normalized spacial score (nSPS) is 20.9. The van der Waals surface area contributed by atoms with Gasteiger partial charge < -0.3 is 9.47 Å². The zero-order valence-electron chi connectivity index (χ0n) is 15.2. The number of imidazole rings is 1. The van der Waals surface area contributed by atoms with Crippen molar-refractivity contribution in [1.82, 2.24) is 24.2 Å². The van der Waals surface area contributed by atoms with Gasteiger partial charge in [0.05, 0.1) is 0 Å². The van der Waals surface area contributed by atoms with Crippen LogP contribution in [0.4, 0.5) is 0 Å². The summed E-state index contributed by atoms with van der Waals surface area (Å²) < 4.78 is 4.20. The van der Waals surface area contributed by atoms with Gasteiger partial charge in [0, 0.05) is 50.2 Å². The Morgan fingerprint density at radius 1 is 1.32 bits per heavy atom. The third-order valence-corrected chi connectivity index (χ3v) is 5.47. The molecule has 0 spiro atoms. The minimum Gasteiger partial charge on any atom is -0.337 e. The van der Waals surface area contributed by atoms with Gasteiger partial charge in [0.15, 0.2) is 5.69 Å². The molecule has 2 fully saturated rings. The van der Waals surface area contributed by atoms with E-state index in [4.69, 9.17) is 0 Å². The SMILES string of the molecule is CCn1nc(C(=O)N2CCC[C@@H](c3nccn3CC3CC3)C2)cc1C. The average Bonchev–Trinajstić information content (AvgIpc) is 3.18. The van der Waals surface area contributed by atoms with E-state index in [0.29, 0.717) is 11.6 Å². The number of hydrogen-bond acceptors (Lipinski definition) is 3. The van der Waals surface area contributed by atoms with E-state index in [1.807, 2.05) is 35.7 Å². The van der Waals surface area contributed by atoms with Gasteiger partial charge >= 0.3 is 0 Å². The first kappa shape index (κ1) is 16.4. The number of rotatable bonds is 5. The van der Waals surface area contributed by atoms with Gasteiger partial charge in [-0.2, -0.15) is 5.10 Å². The highest BCUT2D eigenvalue weighted by Gasteiger charge is 2.30. The first-order valence-electron chi connectivity index (χ1n) is 9.50. The number of piperidine rings is 1. The molecule has 1 aliphatic heterocycles. The second-order valence-electron chi connectivity index (χ2n) is 7.46. The lowest BCUT2D eigenvalue weighted by atomic mass is 9.96. The highest BCUT2D eigenvalue weighted by molar-refractivity contribution is 5.92. The van der Waals surface area contributed by atoms with Crippen LogP contribution >= 0.6 is 0 Å². The standard InChI is InChI=1S/C19H27N5O/c1-3-24-14(2)11-17(21-24)19(25)23-9-4-5-16(13-23)18-20-8-10-22(18)12-15-6-7-15/h8,10-11,15-16H,3-7,9,12-13H2,1-2H3/t16-/m1/s1. The molecule has 4 rings (SSSR count). The van der Waals surface area contributed by atoms with Gasteiger partial charge in [-0.25, -0.2) is 4.98 Å². The average molecular weight is 341 g/mol. The van der Waals surface area contributed by atoms with Crippen LogP contribution in [0.25, 0.3) is 0 Å². The van der Waals surface area contributed by atoms with Crippen LogP contribution in [0.2, 0.25) is 0 Å². The van der Waals surface area contributed by atoms with Crippen molar-refractivity contribution in [3.63, 3.8) is 0 Å². The van der Waals surface area contributed by atoms with Gasteiger partial charge in [0.2, 0.25) is 0 Å². The first-order chi connectivity index (χ1) is 12.2. The molecule has 134 valence electrons. The van der Waals surface area contributed by atoms with Crippen LogP contribution in [-0.4, -0.2) is 43.2 Å². The van der Waals surface area contributed by atoms with Gasteiger partial charge in [0.1, 0.15) is 5.82 Å². The number of carbonyl (C=O) groups is 1. The van der Waals surface area contributed by atoms with Gasteiger partial charge in [0.25, 0.3) is 5.91 Å². The lowest BCUT2D eigenvalue weighted by Gasteiger charge is -2.32. The monoisotopic (exact) mass is 341 g/mol. The summed E-state index contributed by atoms with van der Waals surface area (Å²) in [6, 6.07) is 1.91. The molecule has 2 aromatic heterocycles. The molecule has 0 unspecified atom stereocenters. The fraction of sp³-hybridized carbons (Fsp3) is 0.632. The van der Waals surface area contributed by atoms with Crippen LogP contribution in [-0.2, 0) is 13.1 Å². The fourth-order valence-electron chi connectivity index (χ4n) is 3.88. The van der Waals surface area contributed by atoms with Crippen molar-refractivity contribution in [2.24, 2.45) is 5.92 Å². The summed E-state index contributed by atoms with van der Waals surface area (Å²) in [4.78, 5) is 19.5. The lowest BCUT2D eigenvalue weighted by molar-refractivity contribution is 0.0696. The van der Waals surface area contributed by atoms with Crippen molar-refractivity contribution < 1.29 is 4.79 Å². The Hall–Kier alpha value is -2.11. The topological polar surface area (TPSA) is 56.0 Å². The Balaban J connectivity index is 1.48. The minimum absolute atomic E-state index is 0.0558. The maximum Gasteiger partial charge on any atom is 0.274 e. The molecule has 2 aromatic rings. The molecule has 6 nitrogen and oxygen atoms in total. The molecule has 25 heavy (non-hydrogen) atoms. The summed E-state index contributed by atoms with van der Waals surface area (Å²) in [5.74, 6) is 2.37. The number of amides is 1. The van der Waals surface area contributed by atoms with Crippen LogP contribution < -0.4 is 0 Å². The largest absolute Gasteiger partial charge is 0.337 e. The Morgan fingerprint density at radius 2 is 2.16 bits per heavy atom. The van der Waals surface area contributed by atoms with Gasteiger partial charge in [-0.05, 0) is 51.5 Å². The maximum atomic E-state index is 12.9. The molecule has 0 aromatic carbocycles. The lowest BCUT2D eigenvalue weighted by Crippen LogP contribution is -2.40. The number of aryl methyl sites for hydroxylation is 2. The first-order valence-corrected chi connectivity index (χ1v) is 9.50. The number of likely N-dealkylation sites (tertiary alicyclic amines) is 1. The smallest absolute Gasteiger partial charge is 0.274 e. The van der Waals surface area contributed by atoms with Crippen molar-refractivity contribution in [3.05, 3.63) is 35.7 Å². The summed E-state index contributed by atoms with van der Waals surface area (Å²) in [6.07, 6.45) is 8.82. The third kappa shape index (κ3) is 3.34. The fourth-order valence-corrected chi connectivity index (χ4v) is 3.88. The van der Waals surface area contributed by atoms with Crippen molar-refractivity contribution in [2.75, 3.05) is 13.1 Å². The number of aromatic nitrogens is 4. The molecule has 3 heterocycles.